The summed E-state index contributed by atoms with van der Waals surface area (Å²) in [6, 6.07) is 7.97. The van der Waals surface area contributed by atoms with E-state index in [-0.39, 0.29) is 23.3 Å². The standard InChI is InChI=1S/C23H28ClNO3/c1-28-21(27)22-11-14-9-15(12-22)19(16(10-14)13-22)25-20(26)23(7-2-8-23)17-3-5-18(24)6-4-17/h3-6,14-16,19H,2,7-13H2,1H3,(H,25,26). The van der Waals surface area contributed by atoms with E-state index in [0.29, 0.717) is 22.8 Å². The summed E-state index contributed by atoms with van der Waals surface area (Å²) in [5.74, 6) is 1.55. The van der Waals surface area contributed by atoms with Crippen molar-refractivity contribution in [2.75, 3.05) is 7.11 Å². The third-order valence-electron chi connectivity index (χ3n) is 8.23. The Hall–Kier alpha value is -1.55. The molecule has 4 bridgehead atoms. The maximum Gasteiger partial charge on any atom is 0.311 e. The predicted octanol–water partition coefficient (Wildman–Crippen LogP) is 4.25. The Morgan fingerprint density at radius 3 is 2.25 bits per heavy atom. The average molecular weight is 402 g/mol. The van der Waals surface area contributed by atoms with Crippen molar-refractivity contribution < 1.29 is 14.3 Å². The van der Waals surface area contributed by atoms with E-state index in [4.69, 9.17) is 16.3 Å². The van der Waals surface area contributed by atoms with E-state index in [1.807, 2.05) is 24.3 Å². The van der Waals surface area contributed by atoms with Crippen molar-refractivity contribution in [1.29, 1.82) is 0 Å². The molecule has 0 saturated heterocycles. The lowest BCUT2D eigenvalue weighted by Crippen LogP contribution is -2.63. The highest BCUT2D eigenvalue weighted by Gasteiger charge is 2.60. The number of carbonyl (C=O) groups excluding carboxylic acids is 2. The van der Waals surface area contributed by atoms with Gasteiger partial charge in [-0.3, -0.25) is 9.59 Å². The van der Waals surface area contributed by atoms with E-state index in [1.54, 1.807) is 0 Å². The van der Waals surface area contributed by atoms with Crippen LogP contribution in [-0.2, 0) is 19.7 Å². The molecule has 2 unspecified atom stereocenters. The van der Waals surface area contributed by atoms with Crippen LogP contribution < -0.4 is 5.32 Å². The van der Waals surface area contributed by atoms with Gasteiger partial charge in [-0.2, -0.15) is 0 Å². The van der Waals surface area contributed by atoms with Crippen molar-refractivity contribution >= 4 is 23.5 Å². The highest BCUT2D eigenvalue weighted by Crippen LogP contribution is 2.60. The number of benzene rings is 1. The molecule has 5 aliphatic rings. The Bertz CT molecular complexity index is 785. The summed E-state index contributed by atoms with van der Waals surface area (Å²) in [7, 11) is 1.51. The van der Waals surface area contributed by atoms with Crippen molar-refractivity contribution in [2.45, 2.75) is 62.8 Å². The molecule has 28 heavy (non-hydrogen) atoms. The molecule has 5 saturated carbocycles. The fourth-order valence-electron chi connectivity index (χ4n) is 6.96. The normalized spacial score (nSPS) is 37.2. The number of ether oxygens (including phenoxy) is 1. The van der Waals surface area contributed by atoms with E-state index < -0.39 is 5.41 Å². The zero-order valence-corrected chi connectivity index (χ0v) is 17.1. The molecule has 5 heteroatoms. The summed E-state index contributed by atoms with van der Waals surface area (Å²) in [6.45, 7) is 0. The minimum Gasteiger partial charge on any atom is -0.469 e. The van der Waals surface area contributed by atoms with Crippen molar-refractivity contribution in [3.05, 3.63) is 34.9 Å². The van der Waals surface area contributed by atoms with Crippen molar-refractivity contribution in [1.82, 2.24) is 5.32 Å². The first-order valence-corrected chi connectivity index (χ1v) is 11.0. The van der Waals surface area contributed by atoms with Gasteiger partial charge in [-0.15, -0.1) is 0 Å². The molecule has 4 nitrogen and oxygen atoms in total. The molecule has 150 valence electrons. The number of hydrogen-bond donors (Lipinski definition) is 1. The van der Waals surface area contributed by atoms with Gasteiger partial charge >= 0.3 is 5.97 Å². The third kappa shape index (κ3) is 2.63. The number of halogens is 1. The molecule has 2 atom stereocenters. The number of amides is 1. The molecule has 0 aliphatic heterocycles. The molecule has 0 aromatic heterocycles. The highest BCUT2D eigenvalue weighted by molar-refractivity contribution is 6.30. The smallest absolute Gasteiger partial charge is 0.311 e. The van der Waals surface area contributed by atoms with Gasteiger partial charge < -0.3 is 10.1 Å². The largest absolute Gasteiger partial charge is 0.469 e. The maximum absolute atomic E-state index is 13.5. The second kappa shape index (κ2) is 6.48. The van der Waals surface area contributed by atoms with Crippen LogP contribution in [0, 0.1) is 23.2 Å². The summed E-state index contributed by atoms with van der Waals surface area (Å²) in [5.41, 5.74) is 0.381. The molecule has 1 aromatic rings. The molecule has 1 amide bonds. The van der Waals surface area contributed by atoms with Crippen molar-refractivity contribution in [2.24, 2.45) is 23.2 Å². The van der Waals surface area contributed by atoms with Gasteiger partial charge in [0.2, 0.25) is 5.91 Å². The first-order valence-electron chi connectivity index (χ1n) is 10.6. The molecule has 6 rings (SSSR count). The topological polar surface area (TPSA) is 55.4 Å². The third-order valence-corrected chi connectivity index (χ3v) is 8.48. The maximum atomic E-state index is 13.5. The Balaban J connectivity index is 1.36. The van der Waals surface area contributed by atoms with Crippen LogP contribution >= 0.6 is 11.6 Å². The first kappa shape index (κ1) is 18.5. The molecule has 5 fully saturated rings. The molecular weight excluding hydrogens is 374 g/mol. The van der Waals surface area contributed by atoms with Gasteiger partial charge in [-0.05, 0) is 80.4 Å². The Morgan fingerprint density at radius 1 is 1.07 bits per heavy atom. The molecule has 1 aromatic carbocycles. The number of nitrogens with one attached hydrogen (secondary N) is 1. The monoisotopic (exact) mass is 401 g/mol. The average Bonchev–Trinajstić information content (AvgIpc) is 2.64. The second-order valence-corrected chi connectivity index (χ2v) is 10.1. The van der Waals surface area contributed by atoms with Gasteiger partial charge in [0, 0.05) is 11.1 Å². The molecule has 0 heterocycles. The zero-order chi connectivity index (χ0) is 19.5. The summed E-state index contributed by atoms with van der Waals surface area (Å²) < 4.78 is 5.16. The minimum atomic E-state index is -0.403. The van der Waals surface area contributed by atoms with Gasteiger partial charge in [0.1, 0.15) is 0 Å². The summed E-state index contributed by atoms with van der Waals surface area (Å²) in [4.78, 5) is 26.0. The fraction of sp³-hybridized carbons (Fsp3) is 0.652. The van der Waals surface area contributed by atoms with E-state index in [1.165, 1.54) is 7.11 Å². The van der Waals surface area contributed by atoms with Crippen LogP contribution in [-0.4, -0.2) is 25.0 Å². The van der Waals surface area contributed by atoms with E-state index >= 15 is 0 Å². The Morgan fingerprint density at radius 2 is 1.71 bits per heavy atom. The van der Waals surface area contributed by atoms with Crippen LogP contribution in [0.5, 0.6) is 0 Å². The fourth-order valence-corrected chi connectivity index (χ4v) is 7.09. The van der Waals surface area contributed by atoms with Crippen LogP contribution in [0.1, 0.15) is 56.9 Å². The summed E-state index contributed by atoms with van der Waals surface area (Å²) in [6.07, 6.45) is 7.86. The molecular formula is C23H28ClNO3. The van der Waals surface area contributed by atoms with Crippen LogP contribution in [0.25, 0.3) is 0 Å². The summed E-state index contributed by atoms with van der Waals surface area (Å²) in [5, 5.41) is 4.17. The molecule has 5 aliphatic carbocycles. The molecule has 0 spiro atoms. The SMILES string of the molecule is COC(=O)C12CC3CC(C1)C(NC(=O)C1(c4ccc(Cl)cc4)CCC1)C(C3)C2. The number of esters is 1. The van der Waals surface area contributed by atoms with Crippen LogP contribution in [0.4, 0.5) is 0 Å². The van der Waals surface area contributed by atoms with Gasteiger partial charge in [0.25, 0.3) is 0 Å². The number of rotatable bonds is 4. The number of methoxy groups -OCH3 is 1. The zero-order valence-electron chi connectivity index (χ0n) is 16.4. The molecule has 1 N–H and O–H groups in total. The van der Waals surface area contributed by atoms with Crippen LogP contribution in [0.2, 0.25) is 5.02 Å². The van der Waals surface area contributed by atoms with Crippen LogP contribution in [0.15, 0.2) is 24.3 Å². The quantitative estimate of drug-likeness (QED) is 0.767. The lowest BCUT2D eigenvalue weighted by Gasteiger charge is -2.59. The lowest BCUT2D eigenvalue weighted by molar-refractivity contribution is -0.171. The van der Waals surface area contributed by atoms with E-state index in [2.05, 4.69) is 5.32 Å². The number of hydrogen-bond acceptors (Lipinski definition) is 3. The van der Waals surface area contributed by atoms with Crippen molar-refractivity contribution in [3.8, 4) is 0 Å². The van der Waals surface area contributed by atoms with Gasteiger partial charge in [-0.25, -0.2) is 0 Å². The van der Waals surface area contributed by atoms with Crippen molar-refractivity contribution in [3.63, 3.8) is 0 Å². The van der Waals surface area contributed by atoms with Crippen LogP contribution in [0.3, 0.4) is 0 Å². The first-order chi connectivity index (χ1) is 13.5. The second-order valence-electron chi connectivity index (χ2n) is 9.68. The Labute approximate surface area is 171 Å². The van der Waals surface area contributed by atoms with Gasteiger partial charge in [0.05, 0.1) is 17.9 Å². The highest BCUT2D eigenvalue weighted by atomic mass is 35.5. The van der Waals surface area contributed by atoms with E-state index in [0.717, 1.165) is 56.9 Å². The Kier molecular flexibility index (Phi) is 4.28. The molecule has 0 radical (unpaired) electrons. The number of carbonyl (C=O) groups is 2. The van der Waals surface area contributed by atoms with Gasteiger partial charge in [0.15, 0.2) is 0 Å². The van der Waals surface area contributed by atoms with Gasteiger partial charge in [-0.1, -0.05) is 30.2 Å². The lowest BCUT2D eigenvalue weighted by atomic mass is 9.47. The van der Waals surface area contributed by atoms with E-state index in [9.17, 15) is 9.59 Å². The predicted molar refractivity (Wildman–Crippen MR) is 107 cm³/mol. The summed E-state index contributed by atoms with van der Waals surface area (Å²) >= 11 is 6.05. The minimum absolute atomic E-state index is 0.0340.